The van der Waals surface area contributed by atoms with Gasteiger partial charge in [-0.2, -0.15) is 5.10 Å². The normalized spacial score (nSPS) is 12.7. The molecule has 18 heavy (non-hydrogen) atoms. The molecule has 96 valence electrons. The van der Waals surface area contributed by atoms with E-state index in [-0.39, 0.29) is 0 Å². The maximum atomic E-state index is 13.0. The summed E-state index contributed by atoms with van der Waals surface area (Å²) >= 11 is 0. The molecule has 2 aromatic heterocycles. The summed E-state index contributed by atoms with van der Waals surface area (Å²) in [6.45, 7) is 2.03. The first-order valence-electron chi connectivity index (χ1n) is 5.90. The maximum Gasteiger partial charge on any atom is 0.141 e. The van der Waals surface area contributed by atoms with Crippen molar-refractivity contribution in [1.29, 1.82) is 0 Å². The molecule has 0 amide bonds. The van der Waals surface area contributed by atoms with Gasteiger partial charge in [0.1, 0.15) is 5.82 Å². The summed E-state index contributed by atoms with van der Waals surface area (Å²) in [6.07, 6.45) is 3.08. The van der Waals surface area contributed by atoms with Crippen LogP contribution < -0.4 is 0 Å². The van der Waals surface area contributed by atoms with Crippen molar-refractivity contribution >= 4 is 0 Å². The Bertz CT molecular complexity index is 539. The predicted octanol–water partition coefficient (Wildman–Crippen LogP) is 1.79. The van der Waals surface area contributed by atoms with Crippen molar-refractivity contribution in [3.8, 4) is 0 Å². The number of halogens is 1. The van der Waals surface area contributed by atoms with Crippen LogP contribution in [0.1, 0.15) is 30.0 Å². The van der Waals surface area contributed by atoms with Crippen molar-refractivity contribution in [3.63, 3.8) is 0 Å². The van der Waals surface area contributed by atoms with Crippen LogP contribution in [0.3, 0.4) is 0 Å². The van der Waals surface area contributed by atoms with Gasteiger partial charge in [0.05, 0.1) is 18.0 Å². The number of pyridine rings is 1. The molecular formula is C13H16FN3O. The van der Waals surface area contributed by atoms with Gasteiger partial charge in [-0.1, -0.05) is 6.92 Å². The number of aromatic nitrogens is 3. The van der Waals surface area contributed by atoms with Gasteiger partial charge < -0.3 is 5.11 Å². The summed E-state index contributed by atoms with van der Waals surface area (Å²) in [6, 6.07) is 3.25. The first kappa shape index (κ1) is 12.7. The third-order valence-electron chi connectivity index (χ3n) is 2.90. The largest absolute Gasteiger partial charge is 0.388 e. The second-order valence-electron chi connectivity index (χ2n) is 4.26. The zero-order valence-electron chi connectivity index (χ0n) is 10.5. The van der Waals surface area contributed by atoms with Crippen molar-refractivity contribution in [2.45, 2.75) is 25.9 Å². The molecular weight excluding hydrogens is 233 g/mol. The molecule has 2 heterocycles. The van der Waals surface area contributed by atoms with Crippen LogP contribution in [0.5, 0.6) is 0 Å². The number of aliphatic hydroxyl groups is 1. The van der Waals surface area contributed by atoms with E-state index in [9.17, 15) is 9.50 Å². The molecule has 0 aliphatic carbocycles. The van der Waals surface area contributed by atoms with Gasteiger partial charge in [-0.05, 0) is 18.6 Å². The molecule has 0 bridgehead atoms. The number of rotatable bonds is 4. The van der Waals surface area contributed by atoms with Crippen LogP contribution in [0, 0.1) is 5.82 Å². The number of aliphatic hydroxyl groups excluding tert-OH is 1. The summed E-state index contributed by atoms with van der Waals surface area (Å²) in [5, 5.41) is 14.4. The zero-order chi connectivity index (χ0) is 13.1. The highest BCUT2D eigenvalue weighted by atomic mass is 19.1. The number of hydrogen-bond donors (Lipinski definition) is 1. The highest BCUT2D eigenvalue weighted by Crippen LogP contribution is 2.18. The van der Waals surface area contributed by atoms with Crippen molar-refractivity contribution in [2.24, 2.45) is 7.05 Å². The fourth-order valence-electron chi connectivity index (χ4n) is 1.86. The minimum atomic E-state index is -0.770. The second-order valence-corrected chi connectivity index (χ2v) is 4.26. The standard InChI is InChI=1S/C13H16FN3O/c1-3-11-5-12(17(2)16-11)6-13(18)9-4-10(14)8-15-7-9/h4-5,7-8,13,18H,3,6H2,1-2H3. The number of nitrogens with zero attached hydrogens (tertiary/aromatic N) is 3. The van der Waals surface area contributed by atoms with Crippen LogP contribution in [-0.4, -0.2) is 19.9 Å². The molecule has 1 unspecified atom stereocenters. The van der Waals surface area contributed by atoms with Crippen molar-refractivity contribution in [2.75, 3.05) is 0 Å². The van der Waals surface area contributed by atoms with Gasteiger partial charge in [0.25, 0.3) is 0 Å². The first-order chi connectivity index (χ1) is 8.60. The molecule has 0 fully saturated rings. The Hall–Kier alpha value is -1.75. The molecule has 2 aromatic rings. The SMILES string of the molecule is CCc1cc(CC(O)c2cncc(F)c2)n(C)n1. The Kier molecular flexibility index (Phi) is 3.72. The Morgan fingerprint density at radius 1 is 1.39 bits per heavy atom. The Balaban J connectivity index is 2.15. The van der Waals surface area contributed by atoms with E-state index in [2.05, 4.69) is 10.1 Å². The fourth-order valence-corrected chi connectivity index (χ4v) is 1.86. The highest BCUT2D eigenvalue weighted by Gasteiger charge is 2.13. The lowest BCUT2D eigenvalue weighted by molar-refractivity contribution is 0.175. The van der Waals surface area contributed by atoms with E-state index in [1.54, 1.807) is 4.68 Å². The molecule has 2 rings (SSSR count). The van der Waals surface area contributed by atoms with Gasteiger partial charge in [-0.15, -0.1) is 0 Å². The van der Waals surface area contributed by atoms with Gasteiger partial charge in [0.2, 0.25) is 0 Å². The number of hydrogen-bond acceptors (Lipinski definition) is 3. The average molecular weight is 249 g/mol. The summed E-state index contributed by atoms with van der Waals surface area (Å²) in [4.78, 5) is 3.73. The smallest absolute Gasteiger partial charge is 0.141 e. The van der Waals surface area contributed by atoms with Crippen molar-refractivity contribution in [1.82, 2.24) is 14.8 Å². The molecule has 0 saturated carbocycles. The summed E-state index contributed by atoms with van der Waals surface area (Å²) in [5.74, 6) is -0.439. The minimum absolute atomic E-state index is 0.397. The van der Waals surface area contributed by atoms with Gasteiger partial charge in [-0.25, -0.2) is 4.39 Å². The molecule has 5 heteroatoms. The van der Waals surface area contributed by atoms with Gasteiger partial charge in [0.15, 0.2) is 0 Å². The Labute approximate surface area is 105 Å². The van der Waals surface area contributed by atoms with Crippen LogP contribution in [0.15, 0.2) is 24.5 Å². The van der Waals surface area contributed by atoms with E-state index < -0.39 is 11.9 Å². The van der Waals surface area contributed by atoms with E-state index >= 15 is 0 Å². The molecule has 0 spiro atoms. The topological polar surface area (TPSA) is 50.9 Å². The molecule has 1 N–H and O–H groups in total. The van der Waals surface area contributed by atoms with E-state index in [1.807, 2.05) is 20.0 Å². The van der Waals surface area contributed by atoms with Gasteiger partial charge in [0, 0.05) is 30.9 Å². The van der Waals surface area contributed by atoms with Gasteiger partial charge in [-0.3, -0.25) is 9.67 Å². The lowest BCUT2D eigenvalue weighted by Crippen LogP contribution is -2.07. The van der Waals surface area contributed by atoms with E-state index in [1.165, 1.54) is 12.3 Å². The minimum Gasteiger partial charge on any atom is -0.388 e. The van der Waals surface area contributed by atoms with Crippen molar-refractivity contribution < 1.29 is 9.50 Å². The third-order valence-corrected chi connectivity index (χ3v) is 2.90. The quantitative estimate of drug-likeness (QED) is 0.898. The second kappa shape index (κ2) is 5.27. The molecule has 0 saturated heterocycles. The van der Waals surface area contributed by atoms with E-state index in [0.29, 0.717) is 12.0 Å². The molecule has 0 aliphatic heterocycles. The third kappa shape index (κ3) is 2.73. The predicted molar refractivity (Wildman–Crippen MR) is 65.4 cm³/mol. The average Bonchev–Trinajstić information content (AvgIpc) is 2.70. The molecule has 0 aliphatic rings. The monoisotopic (exact) mass is 249 g/mol. The summed E-state index contributed by atoms with van der Waals surface area (Å²) < 4.78 is 14.8. The van der Waals surface area contributed by atoms with Gasteiger partial charge >= 0.3 is 0 Å². The molecule has 0 aromatic carbocycles. The Morgan fingerprint density at radius 2 is 2.17 bits per heavy atom. The zero-order valence-corrected chi connectivity index (χ0v) is 10.5. The first-order valence-corrected chi connectivity index (χ1v) is 5.90. The Morgan fingerprint density at radius 3 is 2.78 bits per heavy atom. The molecule has 0 radical (unpaired) electrons. The summed E-state index contributed by atoms with van der Waals surface area (Å²) in [7, 11) is 1.84. The van der Waals surface area contributed by atoms with E-state index in [0.717, 1.165) is 24.0 Å². The highest BCUT2D eigenvalue weighted by molar-refractivity contribution is 5.18. The van der Waals surface area contributed by atoms with Crippen LogP contribution in [0.2, 0.25) is 0 Å². The fraction of sp³-hybridized carbons (Fsp3) is 0.385. The maximum absolute atomic E-state index is 13.0. The van der Waals surface area contributed by atoms with Crippen molar-refractivity contribution in [3.05, 3.63) is 47.3 Å². The van der Waals surface area contributed by atoms with Crippen LogP contribution >= 0.6 is 0 Å². The van der Waals surface area contributed by atoms with Crippen LogP contribution in [0.25, 0.3) is 0 Å². The van der Waals surface area contributed by atoms with Crippen LogP contribution in [0.4, 0.5) is 4.39 Å². The summed E-state index contributed by atoms with van der Waals surface area (Å²) in [5.41, 5.74) is 2.38. The lowest BCUT2D eigenvalue weighted by Gasteiger charge is -2.10. The molecule has 4 nitrogen and oxygen atoms in total. The molecule has 1 atom stereocenters. The number of aryl methyl sites for hydroxylation is 2. The van der Waals surface area contributed by atoms with E-state index in [4.69, 9.17) is 0 Å². The van der Waals surface area contributed by atoms with Crippen LogP contribution in [-0.2, 0) is 19.9 Å². The lowest BCUT2D eigenvalue weighted by atomic mass is 10.1.